The van der Waals surface area contributed by atoms with Crippen molar-refractivity contribution in [3.8, 4) is 0 Å². The van der Waals surface area contributed by atoms with Gasteiger partial charge in [-0.05, 0) is 18.9 Å². The summed E-state index contributed by atoms with van der Waals surface area (Å²) in [5, 5.41) is 10.5. The first kappa shape index (κ1) is 11.6. The van der Waals surface area contributed by atoms with Gasteiger partial charge >= 0.3 is 0 Å². The standard InChI is InChI=1S/C12H14N2O3/c1-9-2-7-12(15)13(9)8-10-3-5-11(6-4-10)14(16)17/h3-6,9H,2,7-8H2,1H3. The van der Waals surface area contributed by atoms with Crippen molar-refractivity contribution in [3.05, 3.63) is 39.9 Å². The smallest absolute Gasteiger partial charge is 0.269 e. The number of nitro groups is 1. The fraction of sp³-hybridized carbons (Fsp3) is 0.417. The maximum atomic E-state index is 11.6. The van der Waals surface area contributed by atoms with E-state index in [9.17, 15) is 14.9 Å². The van der Waals surface area contributed by atoms with Crippen molar-refractivity contribution in [3.63, 3.8) is 0 Å². The van der Waals surface area contributed by atoms with Gasteiger partial charge in [-0.3, -0.25) is 14.9 Å². The van der Waals surface area contributed by atoms with Crippen molar-refractivity contribution in [1.82, 2.24) is 4.90 Å². The molecule has 0 spiro atoms. The van der Waals surface area contributed by atoms with E-state index in [1.54, 1.807) is 12.1 Å². The number of carbonyl (C=O) groups is 1. The van der Waals surface area contributed by atoms with E-state index in [0.717, 1.165) is 12.0 Å². The van der Waals surface area contributed by atoms with E-state index < -0.39 is 4.92 Å². The molecule has 0 radical (unpaired) electrons. The highest BCUT2D eigenvalue weighted by Gasteiger charge is 2.27. The molecule has 1 amide bonds. The Bertz CT molecular complexity index is 442. The van der Waals surface area contributed by atoms with Crippen molar-refractivity contribution < 1.29 is 9.72 Å². The molecule has 1 aromatic carbocycles. The summed E-state index contributed by atoms with van der Waals surface area (Å²) in [4.78, 5) is 23.5. The van der Waals surface area contributed by atoms with Crippen molar-refractivity contribution in [2.24, 2.45) is 0 Å². The maximum absolute atomic E-state index is 11.6. The summed E-state index contributed by atoms with van der Waals surface area (Å²) in [7, 11) is 0. The molecule has 1 aromatic rings. The summed E-state index contributed by atoms with van der Waals surface area (Å²) in [5.74, 6) is 0.163. The normalized spacial score (nSPS) is 19.7. The third kappa shape index (κ3) is 2.43. The van der Waals surface area contributed by atoms with E-state index in [0.29, 0.717) is 13.0 Å². The van der Waals surface area contributed by atoms with E-state index in [4.69, 9.17) is 0 Å². The van der Waals surface area contributed by atoms with Crippen LogP contribution in [0.4, 0.5) is 5.69 Å². The number of benzene rings is 1. The zero-order chi connectivity index (χ0) is 12.4. The lowest BCUT2D eigenvalue weighted by molar-refractivity contribution is -0.384. The van der Waals surface area contributed by atoms with Crippen LogP contribution in [0.5, 0.6) is 0 Å². The third-order valence-electron chi connectivity index (χ3n) is 3.13. The van der Waals surface area contributed by atoms with Crippen molar-refractivity contribution in [2.45, 2.75) is 32.4 Å². The van der Waals surface area contributed by atoms with Crippen molar-refractivity contribution >= 4 is 11.6 Å². The van der Waals surface area contributed by atoms with Crippen LogP contribution in [-0.2, 0) is 11.3 Å². The minimum Gasteiger partial charge on any atom is -0.336 e. The van der Waals surface area contributed by atoms with Crippen LogP contribution in [0.3, 0.4) is 0 Å². The fourth-order valence-electron chi connectivity index (χ4n) is 2.04. The Morgan fingerprint density at radius 2 is 2.06 bits per heavy atom. The summed E-state index contributed by atoms with van der Waals surface area (Å²) in [6.45, 7) is 2.56. The second kappa shape index (κ2) is 4.53. The number of amides is 1. The summed E-state index contributed by atoms with van der Waals surface area (Å²) < 4.78 is 0. The Hall–Kier alpha value is -1.91. The quantitative estimate of drug-likeness (QED) is 0.594. The highest BCUT2D eigenvalue weighted by molar-refractivity contribution is 5.78. The molecule has 1 aliphatic heterocycles. The number of likely N-dealkylation sites (tertiary alicyclic amines) is 1. The van der Waals surface area contributed by atoms with Crippen LogP contribution in [0.2, 0.25) is 0 Å². The minimum atomic E-state index is -0.423. The zero-order valence-corrected chi connectivity index (χ0v) is 9.63. The Kier molecular flexibility index (Phi) is 3.08. The predicted molar refractivity (Wildman–Crippen MR) is 62.3 cm³/mol. The lowest BCUT2D eigenvalue weighted by Gasteiger charge is -2.21. The van der Waals surface area contributed by atoms with Gasteiger partial charge in [0.05, 0.1) is 4.92 Å². The summed E-state index contributed by atoms with van der Waals surface area (Å²) in [5.41, 5.74) is 1.01. The zero-order valence-electron chi connectivity index (χ0n) is 9.63. The maximum Gasteiger partial charge on any atom is 0.269 e. The monoisotopic (exact) mass is 234 g/mol. The molecule has 0 N–H and O–H groups in total. The van der Waals surface area contributed by atoms with Crippen LogP contribution < -0.4 is 0 Å². The molecule has 0 aromatic heterocycles. The third-order valence-corrected chi connectivity index (χ3v) is 3.13. The Balaban J connectivity index is 2.08. The Morgan fingerprint density at radius 3 is 2.53 bits per heavy atom. The van der Waals surface area contributed by atoms with Crippen LogP contribution in [-0.4, -0.2) is 21.8 Å². The number of non-ortho nitro benzene ring substituents is 1. The first-order valence-corrected chi connectivity index (χ1v) is 5.60. The topological polar surface area (TPSA) is 63.5 Å². The first-order chi connectivity index (χ1) is 8.08. The average molecular weight is 234 g/mol. The summed E-state index contributed by atoms with van der Waals surface area (Å²) in [6, 6.07) is 6.62. The van der Waals surface area contributed by atoms with Gasteiger partial charge < -0.3 is 4.90 Å². The van der Waals surface area contributed by atoms with E-state index in [1.807, 2.05) is 11.8 Å². The van der Waals surface area contributed by atoms with Gasteiger partial charge in [0.2, 0.25) is 5.91 Å². The Morgan fingerprint density at radius 1 is 1.41 bits per heavy atom. The fourth-order valence-corrected chi connectivity index (χ4v) is 2.04. The number of nitro benzene ring substituents is 1. The van der Waals surface area contributed by atoms with Crippen LogP contribution in [0, 0.1) is 10.1 Å². The molecule has 0 bridgehead atoms. The van der Waals surface area contributed by atoms with Crippen LogP contribution in [0.25, 0.3) is 0 Å². The molecule has 1 heterocycles. The van der Waals surface area contributed by atoms with E-state index in [-0.39, 0.29) is 17.6 Å². The molecule has 1 aliphatic rings. The Labute approximate surface area is 99.2 Å². The predicted octanol–water partition coefficient (Wildman–Crippen LogP) is 2.11. The number of hydrogen-bond donors (Lipinski definition) is 0. The second-order valence-electron chi connectivity index (χ2n) is 4.33. The number of nitrogens with zero attached hydrogens (tertiary/aromatic N) is 2. The SMILES string of the molecule is CC1CCC(=O)N1Cc1ccc([N+](=O)[O-])cc1. The van der Waals surface area contributed by atoms with Gasteiger partial charge in [0.1, 0.15) is 0 Å². The number of rotatable bonds is 3. The van der Waals surface area contributed by atoms with Crippen LogP contribution in [0.15, 0.2) is 24.3 Å². The van der Waals surface area contributed by atoms with Crippen LogP contribution >= 0.6 is 0 Å². The van der Waals surface area contributed by atoms with E-state index >= 15 is 0 Å². The lowest BCUT2D eigenvalue weighted by atomic mass is 10.2. The van der Waals surface area contributed by atoms with Gasteiger partial charge in [0, 0.05) is 31.1 Å². The first-order valence-electron chi connectivity index (χ1n) is 5.60. The van der Waals surface area contributed by atoms with E-state index in [2.05, 4.69) is 0 Å². The van der Waals surface area contributed by atoms with Gasteiger partial charge in [-0.25, -0.2) is 0 Å². The molecule has 5 heteroatoms. The second-order valence-corrected chi connectivity index (χ2v) is 4.33. The lowest BCUT2D eigenvalue weighted by Crippen LogP contribution is -2.30. The molecule has 1 unspecified atom stereocenters. The molecular weight excluding hydrogens is 220 g/mol. The average Bonchev–Trinajstić information content (AvgIpc) is 2.61. The molecular formula is C12H14N2O3. The van der Waals surface area contributed by atoms with Gasteiger partial charge in [-0.1, -0.05) is 12.1 Å². The molecule has 1 saturated heterocycles. The summed E-state index contributed by atoms with van der Waals surface area (Å²) in [6.07, 6.45) is 1.50. The summed E-state index contributed by atoms with van der Waals surface area (Å²) >= 11 is 0. The molecule has 0 aliphatic carbocycles. The molecule has 5 nitrogen and oxygen atoms in total. The molecule has 17 heavy (non-hydrogen) atoms. The van der Waals surface area contributed by atoms with Crippen molar-refractivity contribution in [1.29, 1.82) is 0 Å². The largest absolute Gasteiger partial charge is 0.336 e. The van der Waals surface area contributed by atoms with Gasteiger partial charge in [0.25, 0.3) is 5.69 Å². The van der Waals surface area contributed by atoms with E-state index in [1.165, 1.54) is 12.1 Å². The highest BCUT2D eigenvalue weighted by Crippen LogP contribution is 2.21. The molecule has 2 rings (SSSR count). The van der Waals surface area contributed by atoms with Crippen LogP contribution in [0.1, 0.15) is 25.3 Å². The highest BCUT2D eigenvalue weighted by atomic mass is 16.6. The van der Waals surface area contributed by atoms with Gasteiger partial charge in [0.15, 0.2) is 0 Å². The molecule has 90 valence electrons. The van der Waals surface area contributed by atoms with Gasteiger partial charge in [-0.15, -0.1) is 0 Å². The number of hydrogen-bond acceptors (Lipinski definition) is 3. The molecule has 0 saturated carbocycles. The minimum absolute atomic E-state index is 0.0783. The molecule has 1 atom stereocenters. The molecule has 1 fully saturated rings. The number of carbonyl (C=O) groups excluding carboxylic acids is 1. The van der Waals surface area contributed by atoms with Crippen molar-refractivity contribution in [2.75, 3.05) is 0 Å². The van der Waals surface area contributed by atoms with Gasteiger partial charge in [-0.2, -0.15) is 0 Å².